The van der Waals surface area contributed by atoms with Crippen molar-refractivity contribution in [2.24, 2.45) is 0 Å². The van der Waals surface area contributed by atoms with E-state index in [1.54, 1.807) is 0 Å². The number of nitrogens with zero attached hydrogens (tertiary/aromatic N) is 2. The number of halogens is 1. The van der Waals surface area contributed by atoms with E-state index in [-0.39, 0.29) is 0 Å². The minimum atomic E-state index is 0.330. The molecule has 1 aromatic carbocycles. The zero-order valence-electron chi connectivity index (χ0n) is 10.6. The first-order valence-electron chi connectivity index (χ1n) is 6.23. The standard InChI is InChI=1S/C15H13BrN2S/c1-10-13-5-7-19-15(13)4-6-18(10)14-8-12(16)3-2-11(14)9-17/h2-3,5,7-8,10H,4,6H2,1H3. The van der Waals surface area contributed by atoms with Crippen molar-refractivity contribution in [1.82, 2.24) is 0 Å². The Morgan fingerprint density at radius 1 is 1.42 bits per heavy atom. The van der Waals surface area contributed by atoms with Crippen molar-refractivity contribution >= 4 is 33.0 Å². The molecule has 1 aromatic heterocycles. The highest BCUT2D eigenvalue weighted by Crippen LogP contribution is 2.38. The number of fused-ring (bicyclic) bond motifs is 1. The van der Waals surface area contributed by atoms with Crippen LogP contribution in [0.1, 0.15) is 29.0 Å². The lowest BCUT2D eigenvalue weighted by atomic mass is 9.99. The van der Waals surface area contributed by atoms with Gasteiger partial charge >= 0.3 is 0 Å². The normalized spacial score (nSPS) is 17.9. The van der Waals surface area contributed by atoms with Gasteiger partial charge in [-0.15, -0.1) is 11.3 Å². The first kappa shape index (κ1) is 12.7. The molecule has 0 amide bonds. The van der Waals surface area contributed by atoms with Gasteiger partial charge in [0.25, 0.3) is 0 Å². The highest BCUT2D eigenvalue weighted by molar-refractivity contribution is 9.10. The van der Waals surface area contributed by atoms with E-state index >= 15 is 0 Å². The second-order valence-electron chi connectivity index (χ2n) is 4.69. The fourth-order valence-corrected chi connectivity index (χ4v) is 3.99. The summed E-state index contributed by atoms with van der Waals surface area (Å²) in [6.07, 6.45) is 1.06. The van der Waals surface area contributed by atoms with Crippen LogP contribution in [0, 0.1) is 11.3 Å². The summed E-state index contributed by atoms with van der Waals surface area (Å²) in [6.45, 7) is 3.19. The van der Waals surface area contributed by atoms with Crippen molar-refractivity contribution in [3.63, 3.8) is 0 Å². The summed E-state index contributed by atoms with van der Waals surface area (Å²) in [6, 6.07) is 10.7. The Morgan fingerprint density at radius 3 is 3.05 bits per heavy atom. The zero-order valence-corrected chi connectivity index (χ0v) is 13.0. The van der Waals surface area contributed by atoms with E-state index < -0.39 is 0 Å². The molecule has 1 aliphatic rings. The van der Waals surface area contributed by atoms with E-state index in [9.17, 15) is 5.26 Å². The summed E-state index contributed by atoms with van der Waals surface area (Å²) < 4.78 is 1.02. The minimum Gasteiger partial charge on any atom is -0.363 e. The lowest BCUT2D eigenvalue weighted by Gasteiger charge is -2.36. The fraction of sp³-hybridized carbons (Fsp3) is 0.267. The second-order valence-corrected chi connectivity index (χ2v) is 6.61. The molecular weight excluding hydrogens is 320 g/mol. The summed E-state index contributed by atoms with van der Waals surface area (Å²) in [7, 11) is 0. The molecule has 2 heterocycles. The predicted octanol–water partition coefficient (Wildman–Crippen LogP) is 4.51. The fourth-order valence-electron chi connectivity index (χ4n) is 2.68. The molecular formula is C15H13BrN2S. The van der Waals surface area contributed by atoms with E-state index in [4.69, 9.17) is 0 Å². The summed E-state index contributed by atoms with van der Waals surface area (Å²) in [4.78, 5) is 3.82. The first-order chi connectivity index (χ1) is 9.20. The summed E-state index contributed by atoms with van der Waals surface area (Å²) in [5, 5.41) is 11.5. The molecule has 0 bridgehead atoms. The predicted molar refractivity (Wildman–Crippen MR) is 82.6 cm³/mol. The molecule has 3 rings (SSSR count). The maximum Gasteiger partial charge on any atom is 0.101 e. The smallest absolute Gasteiger partial charge is 0.101 e. The van der Waals surface area contributed by atoms with Crippen molar-refractivity contribution in [1.29, 1.82) is 5.26 Å². The summed E-state index contributed by atoms with van der Waals surface area (Å²) >= 11 is 5.34. The zero-order chi connectivity index (χ0) is 13.4. The number of rotatable bonds is 1. The van der Waals surface area contributed by atoms with E-state index in [2.05, 4.69) is 45.3 Å². The average molecular weight is 333 g/mol. The molecule has 0 spiro atoms. The van der Waals surface area contributed by atoms with Crippen LogP contribution >= 0.6 is 27.3 Å². The van der Waals surface area contributed by atoms with Crippen LogP contribution in [0.15, 0.2) is 34.1 Å². The Kier molecular flexibility index (Phi) is 3.34. The van der Waals surface area contributed by atoms with E-state index in [0.29, 0.717) is 6.04 Å². The van der Waals surface area contributed by atoms with Gasteiger partial charge in [0.2, 0.25) is 0 Å². The van der Waals surface area contributed by atoms with Crippen molar-refractivity contribution in [2.75, 3.05) is 11.4 Å². The van der Waals surface area contributed by atoms with E-state index in [1.807, 2.05) is 29.5 Å². The van der Waals surface area contributed by atoms with Gasteiger partial charge in [0.1, 0.15) is 6.07 Å². The molecule has 2 aromatic rings. The van der Waals surface area contributed by atoms with Crippen LogP contribution in [-0.4, -0.2) is 6.54 Å². The van der Waals surface area contributed by atoms with Gasteiger partial charge in [-0.05, 0) is 48.6 Å². The van der Waals surface area contributed by atoms with Gasteiger partial charge in [-0.1, -0.05) is 15.9 Å². The highest BCUT2D eigenvalue weighted by Gasteiger charge is 2.26. The number of hydrogen-bond acceptors (Lipinski definition) is 3. The average Bonchev–Trinajstić information content (AvgIpc) is 2.88. The molecule has 0 saturated carbocycles. The Labute approximate surface area is 125 Å². The molecule has 1 atom stereocenters. The van der Waals surface area contributed by atoms with Gasteiger partial charge in [-0.2, -0.15) is 5.26 Å². The third kappa shape index (κ3) is 2.18. The van der Waals surface area contributed by atoms with E-state index in [1.165, 1.54) is 10.4 Å². The summed E-state index contributed by atoms with van der Waals surface area (Å²) in [5.74, 6) is 0. The van der Waals surface area contributed by atoms with Gasteiger partial charge in [0.05, 0.1) is 17.3 Å². The lowest BCUT2D eigenvalue weighted by molar-refractivity contribution is 0.632. The number of hydrogen-bond donors (Lipinski definition) is 0. The third-order valence-corrected chi connectivity index (χ3v) is 5.16. The lowest BCUT2D eigenvalue weighted by Crippen LogP contribution is -2.33. The molecule has 0 saturated heterocycles. The molecule has 1 aliphatic heterocycles. The monoisotopic (exact) mass is 332 g/mol. The molecule has 0 aliphatic carbocycles. The Balaban J connectivity index is 2.05. The van der Waals surface area contributed by atoms with Crippen LogP contribution in [0.5, 0.6) is 0 Å². The minimum absolute atomic E-state index is 0.330. The van der Waals surface area contributed by atoms with Crippen molar-refractivity contribution in [2.45, 2.75) is 19.4 Å². The third-order valence-electron chi connectivity index (χ3n) is 3.67. The number of anilines is 1. The Bertz CT molecular complexity index is 656. The van der Waals surface area contributed by atoms with Crippen molar-refractivity contribution in [3.05, 3.63) is 50.1 Å². The molecule has 0 fully saturated rings. The van der Waals surface area contributed by atoms with Gasteiger partial charge < -0.3 is 4.90 Å². The number of thiophene rings is 1. The Hall–Kier alpha value is -1.31. The van der Waals surface area contributed by atoms with Crippen LogP contribution in [0.3, 0.4) is 0 Å². The largest absolute Gasteiger partial charge is 0.363 e. The molecule has 0 radical (unpaired) electrons. The van der Waals surface area contributed by atoms with Crippen LogP contribution in [0.25, 0.3) is 0 Å². The highest BCUT2D eigenvalue weighted by atomic mass is 79.9. The molecule has 1 unspecified atom stereocenters. The second kappa shape index (κ2) is 4.99. The maximum atomic E-state index is 9.29. The van der Waals surface area contributed by atoms with E-state index in [0.717, 1.165) is 28.7 Å². The van der Waals surface area contributed by atoms with Gasteiger partial charge in [-0.25, -0.2) is 0 Å². The topological polar surface area (TPSA) is 27.0 Å². The SMILES string of the molecule is CC1c2ccsc2CCN1c1cc(Br)ccc1C#N. The van der Waals surface area contributed by atoms with Gasteiger partial charge in [0, 0.05) is 15.9 Å². The summed E-state index contributed by atoms with van der Waals surface area (Å²) in [5.41, 5.74) is 3.18. The molecule has 4 heteroatoms. The Morgan fingerprint density at radius 2 is 2.26 bits per heavy atom. The quantitative estimate of drug-likeness (QED) is 0.768. The van der Waals surface area contributed by atoms with Crippen LogP contribution < -0.4 is 4.90 Å². The van der Waals surface area contributed by atoms with Crippen molar-refractivity contribution in [3.8, 4) is 6.07 Å². The number of benzene rings is 1. The van der Waals surface area contributed by atoms with Crippen LogP contribution in [0.4, 0.5) is 5.69 Å². The van der Waals surface area contributed by atoms with Crippen LogP contribution in [-0.2, 0) is 6.42 Å². The van der Waals surface area contributed by atoms with Gasteiger partial charge in [-0.3, -0.25) is 0 Å². The van der Waals surface area contributed by atoms with Crippen LogP contribution in [0.2, 0.25) is 0 Å². The molecule has 96 valence electrons. The number of nitriles is 1. The van der Waals surface area contributed by atoms with Gasteiger partial charge in [0.15, 0.2) is 0 Å². The first-order valence-corrected chi connectivity index (χ1v) is 7.90. The molecule has 2 nitrogen and oxygen atoms in total. The van der Waals surface area contributed by atoms with Crippen molar-refractivity contribution < 1.29 is 0 Å². The molecule has 19 heavy (non-hydrogen) atoms. The molecule has 0 N–H and O–H groups in total. The maximum absolute atomic E-state index is 9.29.